The molecule has 2 heterocycles. The van der Waals surface area contributed by atoms with Crippen LogP contribution in [-0.2, 0) is 6.54 Å². The van der Waals surface area contributed by atoms with Crippen LogP contribution >= 0.6 is 0 Å². The van der Waals surface area contributed by atoms with E-state index in [0.717, 1.165) is 5.56 Å². The van der Waals surface area contributed by atoms with E-state index in [4.69, 9.17) is 4.42 Å². The summed E-state index contributed by atoms with van der Waals surface area (Å²) in [7, 11) is 1.88. The van der Waals surface area contributed by atoms with Crippen molar-refractivity contribution in [3.8, 4) is 0 Å². The van der Waals surface area contributed by atoms with Crippen molar-refractivity contribution in [2.24, 2.45) is 0 Å². The summed E-state index contributed by atoms with van der Waals surface area (Å²) in [4.78, 5) is 16.2. The summed E-state index contributed by atoms with van der Waals surface area (Å²) in [6.07, 6.45) is 1.66. The molecular weight excluding hydrogens is 266 g/mol. The van der Waals surface area contributed by atoms with Crippen LogP contribution in [0.15, 0.2) is 51.8 Å². The van der Waals surface area contributed by atoms with Gasteiger partial charge in [0.15, 0.2) is 11.2 Å². The van der Waals surface area contributed by atoms with Gasteiger partial charge in [0.05, 0.1) is 12.6 Å². The van der Waals surface area contributed by atoms with Crippen molar-refractivity contribution in [3.63, 3.8) is 0 Å². The van der Waals surface area contributed by atoms with E-state index in [0.29, 0.717) is 17.8 Å². The van der Waals surface area contributed by atoms with Gasteiger partial charge in [-0.05, 0) is 31.7 Å². The zero-order valence-corrected chi connectivity index (χ0v) is 12.0. The maximum Gasteiger partial charge on any atom is 0.421 e. The smallest absolute Gasteiger partial charge is 0.406 e. The Morgan fingerprint density at radius 3 is 2.76 bits per heavy atom. The second kappa shape index (κ2) is 5.54. The van der Waals surface area contributed by atoms with E-state index >= 15 is 0 Å². The van der Waals surface area contributed by atoms with Gasteiger partial charge in [0.1, 0.15) is 0 Å². The van der Waals surface area contributed by atoms with Gasteiger partial charge in [-0.25, -0.2) is 9.78 Å². The number of oxazole rings is 1. The largest absolute Gasteiger partial charge is 0.421 e. The minimum Gasteiger partial charge on any atom is -0.406 e. The van der Waals surface area contributed by atoms with E-state index in [9.17, 15) is 4.79 Å². The minimum absolute atomic E-state index is 0.0195. The number of aryl methyl sites for hydroxylation is 1. The van der Waals surface area contributed by atoms with E-state index in [1.807, 2.05) is 7.05 Å². The lowest BCUT2D eigenvalue weighted by Crippen LogP contribution is -2.26. The Labute approximate surface area is 122 Å². The highest BCUT2D eigenvalue weighted by molar-refractivity contribution is 5.67. The summed E-state index contributed by atoms with van der Waals surface area (Å²) in [5.41, 5.74) is 3.43. The molecular formula is C16H17N3O2. The Morgan fingerprint density at radius 1 is 1.29 bits per heavy atom. The SMILES string of the molecule is CNC(Cn1c(=O)oc2cccnc21)c1ccc(C)cc1. The fourth-order valence-electron chi connectivity index (χ4n) is 2.41. The summed E-state index contributed by atoms with van der Waals surface area (Å²) < 4.78 is 6.78. The molecule has 0 bridgehead atoms. The molecule has 1 N–H and O–H groups in total. The zero-order chi connectivity index (χ0) is 14.8. The molecule has 0 amide bonds. The number of benzene rings is 1. The number of nitrogens with one attached hydrogen (secondary N) is 1. The van der Waals surface area contributed by atoms with Gasteiger partial charge in [-0.15, -0.1) is 0 Å². The molecule has 2 aromatic heterocycles. The van der Waals surface area contributed by atoms with Crippen LogP contribution in [0.1, 0.15) is 17.2 Å². The molecule has 0 radical (unpaired) electrons. The lowest BCUT2D eigenvalue weighted by atomic mass is 10.1. The maximum atomic E-state index is 12.0. The first-order valence-corrected chi connectivity index (χ1v) is 6.87. The molecule has 0 fully saturated rings. The number of pyridine rings is 1. The highest BCUT2D eigenvalue weighted by Gasteiger charge is 2.16. The number of fused-ring (bicyclic) bond motifs is 1. The van der Waals surface area contributed by atoms with Crippen molar-refractivity contribution in [2.45, 2.75) is 19.5 Å². The molecule has 5 heteroatoms. The van der Waals surface area contributed by atoms with E-state index in [1.165, 1.54) is 5.56 Å². The monoisotopic (exact) mass is 283 g/mol. The van der Waals surface area contributed by atoms with Crippen molar-refractivity contribution < 1.29 is 4.42 Å². The summed E-state index contributed by atoms with van der Waals surface area (Å²) in [6.45, 7) is 2.53. The van der Waals surface area contributed by atoms with Gasteiger partial charge in [-0.2, -0.15) is 0 Å². The molecule has 5 nitrogen and oxygen atoms in total. The Balaban J connectivity index is 1.98. The number of rotatable bonds is 4. The maximum absolute atomic E-state index is 12.0. The van der Waals surface area contributed by atoms with Gasteiger partial charge < -0.3 is 9.73 Å². The van der Waals surface area contributed by atoms with Gasteiger partial charge in [-0.3, -0.25) is 4.57 Å². The van der Waals surface area contributed by atoms with Crippen LogP contribution in [0.3, 0.4) is 0 Å². The average Bonchev–Trinajstić information content (AvgIpc) is 2.81. The summed E-state index contributed by atoms with van der Waals surface area (Å²) >= 11 is 0. The van der Waals surface area contributed by atoms with E-state index in [1.54, 1.807) is 22.9 Å². The third kappa shape index (κ3) is 2.60. The summed E-state index contributed by atoms with van der Waals surface area (Å²) in [5.74, 6) is -0.379. The van der Waals surface area contributed by atoms with Crippen LogP contribution < -0.4 is 11.1 Å². The molecule has 1 unspecified atom stereocenters. The normalized spacial score (nSPS) is 12.7. The standard InChI is InChI=1S/C16H17N3O2/c1-11-5-7-12(8-6-11)13(17-2)10-19-15-14(21-16(19)20)4-3-9-18-15/h3-9,13,17H,10H2,1-2H3. The minimum atomic E-state index is -0.379. The molecule has 3 rings (SSSR count). The number of hydrogen-bond acceptors (Lipinski definition) is 4. The number of aromatic nitrogens is 2. The lowest BCUT2D eigenvalue weighted by Gasteiger charge is -2.16. The van der Waals surface area contributed by atoms with Crippen molar-refractivity contribution in [3.05, 3.63) is 64.3 Å². The van der Waals surface area contributed by atoms with Crippen LogP contribution in [0.2, 0.25) is 0 Å². The van der Waals surface area contributed by atoms with Crippen LogP contribution in [-0.4, -0.2) is 16.6 Å². The van der Waals surface area contributed by atoms with Crippen LogP contribution in [0.25, 0.3) is 11.2 Å². The van der Waals surface area contributed by atoms with E-state index in [2.05, 4.69) is 41.5 Å². The Bertz CT molecular complexity index is 802. The topological polar surface area (TPSA) is 60.1 Å². The fraction of sp³-hybridized carbons (Fsp3) is 0.250. The lowest BCUT2D eigenvalue weighted by molar-refractivity contribution is 0.450. The number of hydrogen-bond donors (Lipinski definition) is 1. The van der Waals surface area contributed by atoms with Gasteiger partial charge in [0, 0.05) is 6.20 Å². The van der Waals surface area contributed by atoms with Crippen LogP contribution in [0, 0.1) is 6.92 Å². The number of nitrogens with zero attached hydrogens (tertiary/aromatic N) is 2. The molecule has 0 saturated carbocycles. The highest BCUT2D eigenvalue weighted by atomic mass is 16.4. The Hall–Kier alpha value is -2.40. The predicted molar refractivity (Wildman–Crippen MR) is 81.2 cm³/mol. The quantitative estimate of drug-likeness (QED) is 0.798. The van der Waals surface area contributed by atoms with Crippen molar-refractivity contribution >= 4 is 11.2 Å². The molecule has 0 aliphatic carbocycles. The molecule has 108 valence electrons. The zero-order valence-electron chi connectivity index (χ0n) is 12.0. The molecule has 0 saturated heterocycles. The molecule has 1 aromatic carbocycles. The molecule has 3 aromatic rings. The second-order valence-corrected chi connectivity index (χ2v) is 5.06. The Kier molecular flexibility index (Phi) is 3.58. The first kappa shape index (κ1) is 13.6. The van der Waals surface area contributed by atoms with Crippen molar-refractivity contribution in [2.75, 3.05) is 7.05 Å². The van der Waals surface area contributed by atoms with Gasteiger partial charge in [0.2, 0.25) is 0 Å². The molecule has 21 heavy (non-hydrogen) atoms. The van der Waals surface area contributed by atoms with Crippen LogP contribution in [0.5, 0.6) is 0 Å². The van der Waals surface area contributed by atoms with Gasteiger partial charge >= 0.3 is 5.76 Å². The molecule has 0 spiro atoms. The average molecular weight is 283 g/mol. The number of likely N-dealkylation sites (N-methyl/N-ethyl adjacent to an activating group) is 1. The first-order chi connectivity index (χ1) is 10.2. The first-order valence-electron chi connectivity index (χ1n) is 6.87. The molecule has 1 atom stereocenters. The third-order valence-electron chi connectivity index (χ3n) is 3.62. The summed E-state index contributed by atoms with van der Waals surface area (Å²) in [6, 6.07) is 11.8. The molecule has 0 aliphatic rings. The van der Waals surface area contributed by atoms with Crippen molar-refractivity contribution in [1.29, 1.82) is 0 Å². The third-order valence-corrected chi connectivity index (χ3v) is 3.62. The summed E-state index contributed by atoms with van der Waals surface area (Å²) in [5, 5.41) is 3.24. The highest BCUT2D eigenvalue weighted by Crippen LogP contribution is 2.17. The second-order valence-electron chi connectivity index (χ2n) is 5.06. The molecule has 0 aliphatic heterocycles. The van der Waals surface area contributed by atoms with Gasteiger partial charge in [-0.1, -0.05) is 29.8 Å². The van der Waals surface area contributed by atoms with E-state index in [-0.39, 0.29) is 11.8 Å². The Morgan fingerprint density at radius 2 is 2.05 bits per heavy atom. The fourth-order valence-corrected chi connectivity index (χ4v) is 2.41. The van der Waals surface area contributed by atoms with Gasteiger partial charge in [0.25, 0.3) is 0 Å². The van der Waals surface area contributed by atoms with Crippen molar-refractivity contribution in [1.82, 2.24) is 14.9 Å². The van der Waals surface area contributed by atoms with E-state index < -0.39 is 0 Å². The van der Waals surface area contributed by atoms with Crippen LogP contribution in [0.4, 0.5) is 0 Å². The predicted octanol–water partition coefficient (Wildman–Crippen LogP) is 2.26.